The van der Waals surface area contributed by atoms with Gasteiger partial charge in [0.2, 0.25) is 0 Å². The maximum absolute atomic E-state index is 8.98. The molecular formula is C16H12ClN3O. The zero-order valence-electron chi connectivity index (χ0n) is 11.2. The molecule has 0 aliphatic carbocycles. The average molecular weight is 298 g/mol. The molecule has 3 rings (SSSR count). The fraction of sp³-hybridized carbons (Fsp3) is 0.125. The number of rotatable bonds is 4. The lowest BCUT2D eigenvalue weighted by Gasteiger charge is -2.07. The van der Waals surface area contributed by atoms with Gasteiger partial charge in [0.1, 0.15) is 24.7 Å². The van der Waals surface area contributed by atoms with E-state index < -0.39 is 0 Å². The first-order valence-corrected chi connectivity index (χ1v) is 6.85. The summed E-state index contributed by atoms with van der Waals surface area (Å²) < 4.78 is 7.58. The molecule has 0 radical (unpaired) electrons. The Morgan fingerprint density at radius 1 is 1.14 bits per heavy atom. The normalized spacial score (nSPS) is 10.5. The highest BCUT2D eigenvalue weighted by Gasteiger charge is 2.10. The lowest BCUT2D eigenvalue weighted by atomic mass is 10.3. The first-order valence-electron chi connectivity index (χ1n) is 6.47. The van der Waals surface area contributed by atoms with Crippen LogP contribution in [0.1, 0.15) is 5.82 Å². The summed E-state index contributed by atoms with van der Waals surface area (Å²) in [5.41, 5.74) is 1.80. The van der Waals surface area contributed by atoms with Gasteiger partial charge >= 0.3 is 0 Å². The third-order valence-corrected chi connectivity index (χ3v) is 3.40. The van der Waals surface area contributed by atoms with Crippen LogP contribution < -0.4 is 4.74 Å². The summed E-state index contributed by atoms with van der Waals surface area (Å²) in [7, 11) is 0. The van der Waals surface area contributed by atoms with Crippen LogP contribution >= 0.6 is 11.6 Å². The van der Waals surface area contributed by atoms with Crippen LogP contribution in [0.4, 0.5) is 0 Å². The van der Waals surface area contributed by atoms with Crippen molar-refractivity contribution in [2.75, 3.05) is 0 Å². The lowest BCUT2D eigenvalue weighted by Crippen LogP contribution is -2.06. The molecule has 0 saturated carbocycles. The zero-order chi connectivity index (χ0) is 14.7. The number of hydrogen-bond acceptors (Lipinski definition) is 3. The molecule has 1 heterocycles. The number of hydrogen-bond donors (Lipinski definition) is 0. The van der Waals surface area contributed by atoms with Gasteiger partial charge in [-0.25, -0.2) is 4.98 Å². The van der Waals surface area contributed by atoms with E-state index in [1.165, 1.54) is 0 Å². The Kier molecular flexibility index (Phi) is 3.76. The van der Waals surface area contributed by atoms with E-state index in [-0.39, 0.29) is 6.54 Å². The molecule has 0 fully saturated rings. The van der Waals surface area contributed by atoms with Crippen LogP contribution in [-0.4, -0.2) is 9.55 Å². The maximum atomic E-state index is 8.98. The fourth-order valence-electron chi connectivity index (χ4n) is 2.16. The summed E-state index contributed by atoms with van der Waals surface area (Å²) >= 11 is 5.84. The lowest BCUT2D eigenvalue weighted by molar-refractivity contribution is 0.291. The molecular weight excluding hydrogens is 286 g/mol. The highest BCUT2D eigenvalue weighted by Crippen LogP contribution is 2.19. The third-order valence-electron chi connectivity index (χ3n) is 3.14. The average Bonchev–Trinajstić information content (AvgIpc) is 2.85. The van der Waals surface area contributed by atoms with E-state index >= 15 is 0 Å². The largest absolute Gasteiger partial charge is 0.486 e. The molecule has 0 N–H and O–H groups in total. The molecule has 4 nitrogen and oxygen atoms in total. The van der Waals surface area contributed by atoms with Gasteiger partial charge in [-0.2, -0.15) is 5.26 Å². The minimum atomic E-state index is 0.250. The molecule has 0 saturated heterocycles. The van der Waals surface area contributed by atoms with E-state index in [4.69, 9.17) is 21.6 Å². The molecule has 5 heteroatoms. The molecule has 104 valence electrons. The number of fused-ring (bicyclic) bond motifs is 1. The Morgan fingerprint density at radius 3 is 2.67 bits per heavy atom. The summed E-state index contributed by atoms with van der Waals surface area (Å²) in [6.45, 7) is 0.553. The van der Waals surface area contributed by atoms with E-state index in [0.29, 0.717) is 11.6 Å². The summed E-state index contributed by atoms with van der Waals surface area (Å²) in [4.78, 5) is 4.52. The van der Waals surface area contributed by atoms with E-state index in [2.05, 4.69) is 11.1 Å². The van der Waals surface area contributed by atoms with E-state index in [1.807, 2.05) is 28.8 Å². The predicted octanol–water partition coefficient (Wildman–Crippen LogP) is 3.79. The second kappa shape index (κ2) is 5.86. The van der Waals surface area contributed by atoms with Crippen molar-refractivity contribution in [3.8, 4) is 11.8 Å². The van der Waals surface area contributed by atoms with Crippen molar-refractivity contribution in [3.63, 3.8) is 0 Å². The van der Waals surface area contributed by atoms with Crippen LogP contribution in [0.15, 0.2) is 48.5 Å². The summed E-state index contributed by atoms with van der Waals surface area (Å²) in [6, 6.07) is 17.0. The van der Waals surface area contributed by atoms with Crippen LogP contribution in [-0.2, 0) is 13.2 Å². The van der Waals surface area contributed by atoms with Gasteiger partial charge in [-0.15, -0.1) is 0 Å². The molecule has 0 amide bonds. The summed E-state index contributed by atoms with van der Waals surface area (Å²) in [5.74, 6) is 1.45. The second-order valence-corrected chi connectivity index (χ2v) is 4.94. The molecule has 1 aromatic heterocycles. The quantitative estimate of drug-likeness (QED) is 0.736. The highest BCUT2D eigenvalue weighted by atomic mass is 35.5. The minimum absolute atomic E-state index is 0.250. The summed E-state index contributed by atoms with van der Waals surface area (Å²) in [5, 5.41) is 9.65. The molecule has 0 unspecified atom stereocenters. The number of nitriles is 1. The topological polar surface area (TPSA) is 50.8 Å². The van der Waals surface area contributed by atoms with Crippen molar-refractivity contribution < 1.29 is 4.74 Å². The van der Waals surface area contributed by atoms with Crippen LogP contribution in [0, 0.1) is 11.3 Å². The Balaban J connectivity index is 1.87. The standard InChI is InChI=1S/C16H12ClN3O/c17-12-5-7-13(8-6-12)21-11-16-19-14-3-1-2-4-15(14)20(16)10-9-18/h1-8H,10-11H2. The molecule has 3 aromatic rings. The van der Waals surface area contributed by atoms with Gasteiger partial charge in [-0.05, 0) is 36.4 Å². The van der Waals surface area contributed by atoms with Crippen LogP contribution in [0.5, 0.6) is 5.75 Å². The molecule has 0 spiro atoms. The van der Waals surface area contributed by atoms with E-state index in [9.17, 15) is 0 Å². The van der Waals surface area contributed by atoms with Gasteiger partial charge in [0.05, 0.1) is 17.1 Å². The Labute approximate surface area is 127 Å². The molecule has 0 bridgehead atoms. The van der Waals surface area contributed by atoms with E-state index in [1.54, 1.807) is 24.3 Å². The number of para-hydroxylation sites is 2. The number of imidazole rings is 1. The van der Waals surface area contributed by atoms with Crippen molar-refractivity contribution in [1.82, 2.24) is 9.55 Å². The first-order chi connectivity index (χ1) is 10.3. The number of halogens is 1. The predicted molar refractivity (Wildman–Crippen MR) is 81.1 cm³/mol. The number of nitrogens with zero attached hydrogens (tertiary/aromatic N) is 3. The van der Waals surface area contributed by atoms with Crippen LogP contribution in [0.3, 0.4) is 0 Å². The van der Waals surface area contributed by atoms with Crippen molar-refractivity contribution in [1.29, 1.82) is 5.26 Å². The monoisotopic (exact) mass is 297 g/mol. The SMILES string of the molecule is N#CCn1c(COc2ccc(Cl)cc2)nc2ccccc21. The Bertz CT molecular complexity index is 802. The number of benzene rings is 2. The fourth-order valence-corrected chi connectivity index (χ4v) is 2.29. The molecule has 21 heavy (non-hydrogen) atoms. The van der Waals surface area contributed by atoms with Crippen molar-refractivity contribution in [3.05, 3.63) is 59.4 Å². The number of ether oxygens (including phenoxy) is 1. The second-order valence-electron chi connectivity index (χ2n) is 4.50. The van der Waals surface area contributed by atoms with Crippen molar-refractivity contribution in [2.45, 2.75) is 13.2 Å². The van der Waals surface area contributed by atoms with Crippen LogP contribution in [0.25, 0.3) is 11.0 Å². The Morgan fingerprint density at radius 2 is 1.90 bits per heavy atom. The van der Waals surface area contributed by atoms with Crippen molar-refractivity contribution >= 4 is 22.6 Å². The van der Waals surface area contributed by atoms with Gasteiger partial charge in [-0.1, -0.05) is 23.7 Å². The molecule has 0 atom stereocenters. The van der Waals surface area contributed by atoms with E-state index in [0.717, 1.165) is 22.6 Å². The van der Waals surface area contributed by atoms with Gasteiger partial charge in [0, 0.05) is 5.02 Å². The first kappa shape index (κ1) is 13.5. The molecule has 0 aliphatic heterocycles. The van der Waals surface area contributed by atoms with Crippen molar-refractivity contribution in [2.24, 2.45) is 0 Å². The third kappa shape index (κ3) is 2.83. The minimum Gasteiger partial charge on any atom is -0.486 e. The van der Waals surface area contributed by atoms with Gasteiger partial charge in [0.25, 0.3) is 0 Å². The number of aromatic nitrogens is 2. The van der Waals surface area contributed by atoms with Gasteiger partial charge in [0.15, 0.2) is 0 Å². The van der Waals surface area contributed by atoms with Gasteiger partial charge in [-0.3, -0.25) is 0 Å². The Hall–Kier alpha value is -2.51. The molecule has 0 aliphatic rings. The summed E-state index contributed by atoms with van der Waals surface area (Å²) in [6.07, 6.45) is 0. The smallest absolute Gasteiger partial charge is 0.148 e. The zero-order valence-corrected chi connectivity index (χ0v) is 11.9. The molecule has 2 aromatic carbocycles. The highest BCUT2D eigenvalue weighted by molar-refractivity contribution is 6.30. The van der Waals surface area contributed by atoms with Crippen LogP contribution in [0.2, 0.25) is 5.02 Å². The maximum Gasteiger partial charge on any atom is 0.148 e. The van der Waals surface area contributed by atoms with Gasteiger partial charge < -0.3 is 9.30 Å².